The Bertz CT molecular complexity index is 163. The molecule has 1 aliphatic heterocycles. The van der Waals surface area contributed by atoms with Gasteiger partial charge in [0.15, 0.2) is 0 Å². The van der Waals surface area contributed by atoms with E-state index in [0.717, 1.165) is 6.54 Å². The summed E-state index contributed by atoms with van der Waals surface area (Å²) in [4.78, 5) is 10.7. The molecule has 0 radical (unpaired) electrons. The fourth-order valence-corrected chi connectivity index (χ4v) is 1.23. The molecule has 66 valence electrons. The second-order valence-corrected chi connectivity index (χ2v) is 3.25. The van der Waals surface area contributed by atoms with Crippen molar-refractivity contribution in [1.29, 1.82) is 0 Å². The first-order valence-electron chi connectivity index (χ1n) is 3.51. The Kier molecular flexibility index (Phi) is 3.32. The topological polar surface area (TPSA) is 49.3 Å². The predicted octanol–water partition coefficient (Wildman–Crippen LogP) is 0.738. The third kappa shape index (κ3) is 1.65. The molecule has 1 fully saturated rings. The van der Waals surface area contributed by atoms with Gasteiger partial charge in [0.25, 0.3) is 0 Å². The lowest BCUT2D eigenvalue weighted by Crippen LogP contribution is -2.34. The molecule has 1 heterocycles. The molecule has 3 nitrogen and oxygen atoms in total. The zero-order chi connectivity index (χ0) is 7.78. The molecule has 0 aromatic heterocycles. The molecule has 0 spiro atoms. The third-order valence-electron chi connectivity index (χ3n) is 2.52. The lowest BCUT2D eigenvalue weighted by molar-refractivity contribution is -0.148. The van der Waals surface area contributed by atoms with E-state index in [1.54, 1.807) is 6.92 Å². The Labute approximate surface area is 72.6 Å². The van der Waals surface area contributed by atoms with Crippen molar-refractivity contribution >= 4 is 18.4 Å². The van der Waals surface area contributed by atoms with Crippen molar-refractivity contribution in [3.05, 3.63) is 0 Å². The number of hydrogen-bond donors (Lipinski definition) is 2. The largest absolute Gasteiger partial charge is 0.481 e. The lowest BCUT2D eigenvalue weighted by atomic mass is 9.81. The first-order valence-corrected chi connectivity index (χ1v) is 3.51. The van der Waals surface area contributed by atoms with Crippen molar-refractivity contribution < 1.29 is 9.90 Å². The highest BCUT2D eigenvalue weighted by Crippen LogP contribution is 2.30. The van der Waals surface area contributed by atoms with E-state index in [-0.39, 0.29) is 18.3 Å². The molecule has 0 aromatic rings. The van der Waals surface area contributed by atoms with E-state index in [4.69, 9.17) is 5.11 Å². The van der Waals surface area contributed by atoms with Crippen LogP contribution in [0, 0.1) is 11.3 Å². The van der Waals surface area contributed by atoms with Crippen LogP contribution in [-0.4, -0.2) is 24.2 Å². The number of aliphatic carboxylic acids is 1. The maximum Gasteiger partial charge on any atom is 0.310 e. The molecule has 1 aliphatic rings. The highest BCUT2D eigenvalue weighted by atomic mass is 35.5. The fraction of sp³-hybridized carbons (Fsp3) is 0.857. The summed E-state index contributed by atoms with van der Waals surface area (Å²) in [6.45, 7) is 5.18. The van der Waals surface area contributed by atoms with Crippen LogP contribution < -0.4 is 5.32 Å². The summed E-state index contributed by atoms with van der Waals surface area (Å²) in [7, 11) is 0. The van der Waals surface area contributed by atoms with Crippen LogP contribution in [0.3, 0.4) is 0 Å². The number of nitrogens with one attached hydrogen (secondary N) is 1. The number of hydrogen-bond acceptors (Lipinski definition) is 2. The maximum absolute atomic E-state index is 10.7. The van der Waals surface area contributed by atoms with Crippen molar-refractivity contribution in [3.63, 3.8) is 0 Å². The van der Waals surface area contributed by atoms with E-state index in [9.17, 15) is 4.79 Å². The maximum atomic E-state index is 10.7. The van der Waals surface area contributed by atoms with Gasteiger partial charge in [-0.1, -0.05) is 6.92 Å². The molecule has 2 N–H and O–H groups in total. The zero-order valence-corrected chi connectivity index (χ0v) is 7.57. The molecule has 11 heavy (non-hydrogen) atoms. The molecule has 2 atom stereocenters. The minimum Gasteiger partial charge on any atom is -0.481 e. The SMILES string of the molecule is CC1CNC[C@]1(C)C(=O)O.Cl. The van der Waals surface area contributed by atoms with E-state index in [0.29, 0.717) is 6.54 Å². The van der Waals surface area contributed by atoms with E-state index >= 15 is 0 Å². The van der Waals surface area contributed by atoms with Gasteiger partial charge in [-0.25, -0.2) is 0 Å². The first kappa shape index (κ1) is 10.7. The van der Waals surface area contributed by atoms with Crippen LogP contribution in [0.4, 0.5) is 0 Å². The Balaban J connectivity index is 0.000001000. The van der Waals surface area contributed by atoms with E-state index in [2.05, 4.69) is 5.32 Å². The van der Waals surface area contributed by atoms with Crippen LogP contribution >= 0.6 is 12.4 Å². The first-order chi connectivity index (χ1) is 4.57. The van der Waals surface area contributed by atoms with Gasteiger partial charge in [-0.05, 0) is 19.4 Å². The monoisotopic (exact) mass is 179 g/mol. The van der Waals surface area contributed by atoms with E-state index in [1.807, 2.05) is 6.92 Å². The summed E-state index contributed by atoms with van der Waals surface area (Å²) in [5, 5.41) is 11.9. The normalized spacial score (nSPS) is 36.4. The standard InChI is InChI=1S/C7H13NO2.ClH/c1-5-3-8-4-7(5,2)6(9)10;/h5,8H,3-4H2,1-2H3,(H,9,10);1H/t5?,7-;/m0./s1. The molecule has 4 heteroatoms. The fourth-order valence-electron chi connectivity index (χ4n) is 1.23. The zero-order valence-electron chi connectivity index (χ0n) is 6.76. The summed E-state index contributed by atoms with van der Waals surface area (Å²) in [6.07, 6.45) is 0. The summed E-state index contributed by atoms with van der Waals surface area (Å²) in [5.41, 5.74) is -0.542. The summed E-state index contributed by atoms with van der Waals surface area (Å²) in [6, 6.07) is 0. The molecule has 0 bridgehead atoms. The van der Waals surface area contributed by atoms with Gasteiger partial charge in [0, 0.05) is 6.54 Å². The molecule has 1 saturated heterocycles. The van der Waals surface area contributed by atoms with Gasteiger partial charge in [0.1, 0.15) is 0 Å². The second kappa shape index (κ2) is 3.41. The summed E-state index contributed by atoms with van der Waals surface area (Å²) in [5.74, 6) is -0.449. The average molecular weight is 180 g/mol. The number of halogens is 1. The van der Waals surface area contributed by atoms with Gasteiger partial charge in [0.2, 0.25) is 0 Å². The lowest BCUT2D eigenvalue weighted by Gasteiger charge is -2.21. The Morgan fingerprint density at radius 3 is 2.45 bits per heavy atom. The van der Waals surface area contributed by atoms with Gasteiger partial charge in [-0.2, -0.15) is 0 Å². The minimum absolute atomic E-state index is 0. The van der Waals surface area contributed by atoms with Crippen molar-refractivity contribution in [2.75, 3.05) is 13.1 Å². The number of rotatable bonds is 1. The molecule has 0 saturated carbocycles. The Morgan fingerprint density at radius 2 is 2.27 bits per heavy atom. The number of carbonyl (C=O) groups is 1. The molecule has 0 aromatic carbocycles. The summed E-state index contributed by atoms with van der Waals surface area (Å²) >= 11 is 0. The van der Waals surface area contributed by atoms with Crippen LogP contribution in [0.2, 0.25) is 0 Å². The second-order valence-electron chi connectivity index (χ2n) is 3.25. The van der Waals surface area contributed by atoms with Crippen LogP contribution in [0.15, 0.2) is 0 Å². The number of carboxylic acids is 1. The van der Waals surface area contributed by atoms with Gasteiger partial charge in [0.05, 0.1) is 5.41 Å². The molecular formula is C7H14ClNO2. The summed E-state index contributed by atoms with van der Waals surface area (Å²) < 4.78 is 0. The highest BCUT2D eigenvalue weighted by Gasteiger charge is 2.42. The van der Waals surface area contributed by atoms with Crippen LogP contribution in [0.1, 0.15) is 13.8 Å². The molecule has 0 aliphatic carbocycles. The average Bonchev–Trinajstić information content (AvgIpc) is 2.15. The van der Waals surface area contributed by atoms with Crippen LogP contribution in [0.25, 0.3) is 0 Å². The van der Waals surface area contributed by atoms with Crippen molar-refractivity contribution in [2.24, 2.45) is 11.3 Å². The smallest absolute Gasteiger partial charge is 0.310 e. The quantitative estimate of drug-likeness (QED) is 0.624. The molecule has 1 rings (SSSR count). The predicted molar refractivity (Wildman–Crippen MR) is 45.0 cm³/mol. The van der Waals surface area contributed by atoms with Crippen LogP contribution in [-0.2, 0) is 4.79 Å². The Morgan fingerprint density at radius 1 is 1.73 bits per heavy atom. The molecule has 0 amide bonds. The van der Waals surface area contributed by atoms with Gasteiger partial charge < -0.3 is 10.4 Å². The molecule has 1 unspecified atom stereocenters. The van der Waals surface area contributed by atoms with Crippen molar-refractivity contribution in [2.45, 2.75) is 13.8 Å². The molecular weight excluding hydrogens is 166 g/mol. The van der Waals surface area contributed by atoms with E-state index in [1.165, 1.54) is 0 Å². The van der Waals surface area contributed by atoms with Gasteiger partial charge >= 0.3 is 5.97 Å². The van der Waals surface area contributed by atoms with Crippen molar-refractivity contribution in [1.82, 2.24) is 5.32 Å². The number of carboxylic acid groups (broad SMARTS) is 1. The minimum atomic E-state index is -0.690. The van der Waals surface area contributed by atoms with Crippen molar-refractivity contribution in [3.8, 4) is 0 Å². The van der Waals surface area contributed by atoms with Gasteiger partial charge in [-0.15, -0.1) is 12.4 Å². The van der Waals surface area contributed by atoms with E-state index < -0.39 is 11.4 Å². The highest BCUT2D eigenvalue weighted by molar-refractivity contribution is 5.85. The Hall–Kier alpha value is -0.280. The van der Waals surface area contributed by atoms with Crippen LogP contribution in [0.5, 0.6) is 0 Å². The van der Waals surface area contributed by atoms with Gasteiger partial charge in [-0.3, -0.25) is 4.79 Å². The third-order valence-corrected chi connectivity index (χ3v) is 2.52.